The van der Waals surface area contributed by atoms with Crippen molar-refractivity contribution in [2.45, 2.75) is 58.5 Å². The first-order valence-corrected chi connectivity index (χ1v) is 8.81. The molecule has 0 aliphatic rings. The third kappa shape index (κ3) is 4.69. The second-order valence-electron chi connectivity index (χ2n) is 7.64. The Morgan fingerprint density at radius 1 is 1.24 bits per heavy atom. The van der Waals surface area contributed by atoms with Crippen LogP contribution in [-0.2, 0) is 5.54 Å². The summed E-state index contributed by atoms with van der Waals surface area (Å²) in [5.74, 6) is 0.0582. The van der Waals surface area contributed by atoms with Crippen LogP contribution >= 0.6 is 0 Å². The number of hydrogen-bond acceptors (Lipinski definition) is 3. The summed E-state index contributed by atoms with van der Waals surface area (Å²) in [6.45, 7) is 10.4. The van der Waals surface area contributed by atoms with Gasteiger partial charge in [0.25, 0.3) is 5.91 Å². The average molecular weight is 343 g/mol. The third-order valence-electron chi connectivity index (χ3n) is 4.12. The van der Waals surface area contributed by atoms with Gasteiger partial charge < -0.3 is 10.4 Å². The van der Waals surface area contributed by atoms with E-state index in [1.54, 1.807) is 0 Å². The van der Waals surface area contributed by atoms with Crippen LogP contribution in [0, 0.1) is 0 Å². The van der Waals surface area contributed by atoms with E-state index in [4.69, 9.17) is 0 Å². The van der Waals surface area contributed by atoms with Gasteiger partial charge in [-0.05, 0) is 44.7 Å². The molecule has 25 heavy (non-hydrogen) atoms. The average Bonchev–Trinajstić information content (AvgIpc) is 3.01. The topological polar surface area (TPSA) is 67.2 Å². The molecule has 0 radical (unpaired) electrons. The van der Waals surface area contributed by atoms with Crippen molar-refractivity contribution < 1.29 is 9.90 Å². The molecule has 0 fully saturated rings. The van der Waals surface area contributed by atoms with Gasteiger partial charge in [0.15, 0.2) is 0 Å². The molecule has 1 heterocycles. The Balaban J connectivity index is 2.27. The molecule has 2 rings (SSSR count). The van der Waals surface area contributed by atoms with E-state index in [-0.39, 0.29) is 30.0 Å². The molecule has 1 atom stereocenters. The summed E-state index contributed by atoms with van der Waals surface area (Å²) in [5, 5.41) is 16.9. The fourth-order valence-corrected chi connectivity index (χ4v) is 2.82. The maximum atomic E-state index is 12.7. The molecule has 2 aromatic rings. The molecule has 0 spiro atoms. The standard InChI is InChI=1S/C20H29N3O2/c1-14(2)18-13-17(22-23(18)20(3,4)5)19(25)21-16(11-12-24)15-9-7-6-8-10-15/h6-10,13-14,16,24H,11-12H2,1-5H3,(H,21,25). The number of carbonyl (C=O) groups is 1. The van der Waals surface area contributed by atoms with E-state index in [1.165, 1.54) is 0 Å². The van der Waals surface area contributed by atoms with Gasteiger partial charge in [-0.1, -0.05) is 44.2 Å². The van der Waals surface area contributed by atoms with Crippen molar-refractivity contribution in [3.05, 3.63) is 53.3 Å². The Kier molecular flexibility index (Phi) is 6.01. The first-order valence-electron chi connectivity index (χ1n) is 8.81. The fourth-order valence-electron chi connectivity index (χ4n) is 2.82. The Hall–Kier alpha value is -2.14. The van der Waals surface area contributed by atoms with E-state index >= 15 is 0 Å². The third-order valence-corrected chi connectivity index (χ3v) is 4.12. The van der Waals surface area contributed by atoms with E-state index in [2.05, 4.69) is 45.0 Å². The lowest BCUT2D eigenvalue weighted by molar-refractivity contribution is 0.0923. The summed E-state index contributed by atoms with van der Waals surface area (Å²) in [6.07, 6.45) is 0.465. The number of aliphatic hydroxyl groups is 1. The highest BCUT2D eigenvalue weighted by Gasteiger charge is 2.24. The minimum atomic E-state index is -0.235. The summed E-state index contributed by atoms with van der Waals surface area (Å²) in [7, 11) is 0. The lowest BCUT2D eigenvalue weighted by Gasteiger charge is -2.23. The van der Waals surface area contributed by atoms with E-state index in [1.807, 2.05) is 41.1 Å². The molecule has 1 unspecified atom stereocenters. The Bertz CT molecular complexity index is 699. The zero-order valence-corrected chi connectivity index (χ0v) is 15.8. The fraction of sp³-hybridized carbons (Fsp3) is 0.500. The number of aromatic nitrogens is 2. The second-order valence-corrected chi connectivity index (χ2v) is 7.64. The summed E-state index contributed by atoms with van der Waals surface area (Å²) >= 11 is 0. The molecule has 0 saturated carbocycles. The number of benzene rings is 1. The van der Waals surface area contributed by atoms with E-state index in [9.17, 15) is 9.90 Å². The van der Waals surface area contributed by atoms with Gasteiger partial charge in [-0.3, -0.25) is 9.48 Å². The van der Waals surface area contributed by atoms with Crippen molar-refractivity contribution in [3.8, 4) is 0 Å². The SMILES string of the molecule is CC(C)c1cc(C(=O)NC(CCO)c2ccccc2)nn1C(C)(C)C. The Labute approximate surface area is 150 Å². The lowest BCUT2D eigenvalue weighted by atomic mass is 10.0. The second kappa shape index (κ2) is 7.83. The maximum Gasteiger partial charge on any atom is 0.272 e. The van der Waals surface area contributed by atoms with E-state index in [0.717, 1.165) is 11.3 Å². The molecule has 5 nitrogen and oxygen atoms in total. The van der Waals surface area contributed by atoms with Gasteiger partial charge in [0.1, 0.15) is 5.69 Å². The van der Waals surface area contributed by atoms with Crippen LogP contribution in [0.4, 0.5) is 0 Å². The predicted octanol–water partition coefficient (Wildman–Crippen LogP) is 3.62. The highest BCUT2D eigenvalue weighted by atomic mass is 16.3. The smallest absolute Gasteiger partial charge is 0.272 e. The highest BCUT2D eigenvalue weighted by Crippen LogP contribution is 2.24. The molecule has 1 amide bonds. The minimum Gasteiger partial charge on any atom is -0.396 e. The van der Waals surface area contributed by atoms with E-state index in [0.29, 0.717) is 12.1 Å². The van der Waals surface area contributed by atoms with Gasteiger partial charge in [0, 0.05) is 12.3 Å². The predicted molar refractivity (Wildman–Crippen MR) is 99.7 cm³/mol. The molecule has 1 aromatic carbocycles. The number of aliphatic hydroxyl groups excluding tert-OH is 1. The zero-order valence-electron chi connectivity index (χ0n) is 15.8. The van der Waals surface area contributed by atoms with Crippen LogP contribution in [-0.4, -0.2) is 27.4 Å². The zero-order chi connectivity index (χ0) is 18.6. The van der Waals surface area contributed by atoms with Gasteiger partial charge in [0.05, 0.1) is 11.6 Å². The largest absolute Gasteiger partial charge is 0.396 e. The van der Waals surface area contributed by atoms with Gasteiger partial charge in [0.2, 0.25) is 0 Å². The van der Waals surface area contributed by atoms with Crippen molar-refractivity contribution in [1.29, 1.82) is 0 Å². The van der Waals surface area contributed by atoms with Crippen LogP contribution in [0.5, 0.6) is 0 Å². The molecular weight excluding hydrogens is 314 g/mol. The van der Waals surface area contributed by atoms with Crippen LogP contribution in [0.25, 0.3) is 0 Å². The lowest BCUT2D eigenvalue weighted by Crippen LogP contribution is -2.30. The molecule has 2 N–H and O–H groups in total. The summed E-state index contributed by atoms with van der Waals surface area (Å²) in [6, 6.07) is 11.3. The van der Waals surface area contributed by atoms with E-state index < -0.39 is 0 Å². The van der Waals surface area contributed by atoms with Crippen LogP contribution in [0.3, 0.4) is 0 Å². The first kappa shape index (κ1) is 19.2. The minimum absolute atomic E-state index is 0.00746. The molecule has 5 heteroatoms. The first-order chi connectivity index (χ1) is 11.7. The number of carbonyl (C=O) groups excluding carboxylic acids is 1. The number of amides is 1. The summed E-state index contributed by atoms with van der Waals surface area (Å²) in [5.41, 5.74) is 2.24. The Morgan fingerprint density at radius 2 is 1.88 bits per heavy atom. The van der Waals surface area contributed by atoms with Crippen LogP contribution in [0.1, 0.15) is 74.7 Å². The molecule has 0 bridgehead atoms. The Morgan fingerprint density at radius 3 is 2.36 bits per heavy atom. The highest BCUT2D eigenvalue weighted by molar-refractivity contribution is 5.92. The number of rotatable bonds is 6. The maximum absolute atomic E-state index is 12.7. The van der Waals surface area contributed by atoms with Crippen molar-refractivity contribution in [2.75, 3.05) is 6.61 Å². The van der Waals surface area contributed by atoms with Crippen molar-refractivity contribution in [1.82, 2.24) is 15.1 Å². The van der Waals surface area contributed by atoms with Gasteiger partial charge in [-0.2, -0.15) is 5.10 Å². The summed E-state index contributed by atoms with van der Waals surface area (Å²) in [4.78, 5) is 12.7. The molecular formula is C20H29N3O2. The van der Waals surface area contributed by atoms with Crippen molar-refractivity contribution in [2.24, 2.45) is 0 Å². The number of nitrogens with one attached hydrogen (secondary N) is 1. The van der Waals surface area contributed by atoms with Gasteiger partial charge in [-0.25, -0.2) is 0 Å². The molecule has 136 valence electrons. The summed E-state index contributed by atoms with van der Waals surface area (Å²) < 4.78 is 1.93. The molecule has 0 saturated heterocycles. The monoisotopic (exact) mass is 343 g/mol. The molecule has 1 aromatic heterocycles. The molecule has 0 aliphatic carbocycles. The van der Waals surface area contributed by atoms with Crippen LogP contribution < -0.4 is 5.32 Å². The van der Waals surface area contributed by atoms with Crippen molar-refractivity contribution >= 4 is 5.91 Å². The van der Waals surface area contributed by atoms with Gasteiger partial charge in [-0.15, -0.1) is 0 Å². The van der Waals surface area contributed by atoms with Crippen LogP contribution in [0.2, 0.25) is 0 Å². The normalized spacial score (nSPS) is 13.1. The quantitative estimate of drug-likeness (QED) is 0.842. The van der Waals surface area contributed by atoms with Crippen LogP contribution in [0.15, 0.2) is 36.4 Å². The molecule has 0 aliphatic heterocycles. The number of nitrogens with zero attached hydrogens (tertiary/aromatic N) is 2. The number of hydrogen-bond donors (Lipinski definition) is 2. The van der Waals surface area contributed by atoms with Crippen molar-refractivity contribution in [3.63, 3.8) is 0 Å². The van der Waals surface area contributed by atoms with Gasteiger partial charge >= 0.3 is 0 Å².